The second kappa shape index (κ2) is 7.39. The lowest BCUT2D eigenvalue weighted by molar-refractivity contribution is -0.0330. The molecule has 1 aromatic carbocycles. The van der Waals surface area contributed by atoms with Crippen LogP contribution in [0.4, 0.5) is 0 Å². The molecule has 1 aliphatic heterocycles. The van der Waals surface area contributed by atoms with E-state index in [1.807, 2.05) is 6.07 Å². The van der Waals surface area contributed by atoms with Crippen molar-refractivity contribution < 1.29 is 9.84 Å². The summed E-state index contributed by atoms with van der Waals surface area (Å²) < 4.78 is 6.11. The Balaban J connectivity index is 1.76. The fourth-order valence-electron chi connectivity index (χ4n) is 3.73. The molecule has 0 aromatic heterocycles. The molecule has 2 fully saturated rings. The summed E-state index contributed by atoms with van der Waals surface area (Å²) in [5.41, 5.74) is 1.22. The van der Waals surface area contributed by atoms with Gasteiger partial charge in [-0.15, -0.1) is 0 Å². The minimum atomic E-state index is -0.0411. The first kappa shape index (κ1) is 15.0. The number of hydrogen-bond donors (Lipinski definition) is 1. The van der Waals surface area contributed by atoms with Gasteiger partial charge >= 0.3 is 0 Å². The van der Waals surface area contributed by atoms with Crippen LogP contribution in [0.15, 0.2) is 30.3 Å². The molecule has 0 radical (unpaired) electrons. The second-order valence-electron chi connectivity index (χ2n) is 6.40. The first-order valence-corrected chi connectivity index (χ1v) is 8.45. The SMILES string of the molecule is OC[C@@H]1CN(C2CCCCCCC2)[C@H](c2ccccc2)O1. The highest BCUT2D eigenvalue weighted by Crippen LogP contribution is 2.35. The number of ether oxygens (including phenoxy) is 1. The average molecular weight is 289 g/mol. The number of aliphatic hydroxyl groups excluding tert-OH is 1. The fraction of sp³-hybridized carbons (Fsp3) is 0.667. The van der Waals surface area contributed by atoms with Crippen LogP contribution in [0.5, 0.6) is 0 Å². The van der Waals surface area contributed by atoms with Crippen molar-refractivity contribution >= 4 is 0 Å². The molecule has 116 valence electrons. The molecule has 0 unspecified atom stereocenters. The molecule has 1 saturated heterocycles. The predicted molar refractivity (Wildman–Crippen MR) is 84.0 cm³/mol. The van der Waals surface area contributed by atoms with Crippen molar-refractivity contribution in [1.29, 1.82) is 0 Å². The van der Waals surface area contributed by atoms with E-state index in [1.54, 1.807) is 0 Å². The maximum Gasteiger partial charge on any atom is 0.137 e. The second-order valence-corrected chi connectivity index (χ2v) is 6.40. The molecule has 1 N–H and O–H groups in total. The summed E-state index contributed by atoms with van der Waals surface area (Å²) in [6.45, 7) is 0.979. The highest BCUT2D eigenvalue weighted by atomic mass is 16.5. The number of hydrogen-bond acceptors (Lipinski definition) is 3. The zero-order chi connectivity index (χ0) is 14.5. The van der Waals surface area contributed by atoms with E-state index in [4.69, 9.17) is 4.74 Å². The van der Waals surface area contributed by atoms with E-state index in [2.05, 4.69) is 29.2 Å². The summed E-state index contributed by atoms with van der Waals surface area (Å²) >= 11 is 0. The Bertz CT molecular complexity index is 414. The first-order chi connectivity index (χ1) is 10.4. The molecular weight excluding hydrogens is 262 g/mol. The Morgan fingerprint density at radius 3 is 2.33 bits per heavy atom. The highest BCUT2D eigenvalue weighted by molar-refractivity contribution is 5.18. The van der Waals surface area contributed by atoms with E-state index in [-0.39, 0.29) is 18.9 Å². The third-order valence-electron chi connectivity index (χ3n) is 4.87. The first-order valence-electron chi connectivity index (χ1n) is 8.45. The summed E-state index contributed by atoms with van der Waals surface area (Å²) in [7, 11) is 0. The Morgan fingerprint density at radius 1 is 1.00 bits per heavy atom. The van der Waals surface area contributed by atoms with Gasteiger partial charge < -0.3 is 9.84 Å². The Kier molecular flexibility index (Phi) is 5.28. The largest absolute Gasteiger partial charge is 0.394 e. The van der Waals surface area contributed by atoms with Gasteiger partial charge in [0.25, 0.3) is 0 Å². The smallest absolute Gasteiger partial charge is 0.137 e. The van der Waals surface area contributed by atoms with E-state index in [0.717, 1.165) is 6.54 Å². The number of aliphatic hydroxyl groups is 1. The molecule has 1 aliphatic carbocycles. The molecule has 3 rings (SSSR count). The van der Waals surface area contributed by atoms with Crippen LogP contribution in [0.3, 0.4) is 0 Å². The molecule has 1 heterocycles. The van der Waals surface area contributed by atoms with Crippen LogP contribution < -0.4 is 0 Å². The maximum absolute atomic E-state index is 9.50. The molecule has 0 bridgehead atoms. The van der Waals surface area contributed by atoms with Crippen molar-refractivity contribution in [2.45, 2.75) is 63.3 Å². The summed E-state index contributed by atoms with van der Waals surface area (Å²) in [6, 6.07) is 11.1. The molecule has 0 amide bonds. The van der Waals surface area contributed by atoms with Crippen molar-refractivity contribution in [2.24, 2.45) is 0 Å². The van der Waals surface area contributed by atoms with E-state index in [9.17, 15) is 5.11 Å². The number of nitrogens with zero attached hydrogens (tertiary/aromatic N) is 1. The lowest BCUT2D eigenvalue weighted by Crippen LogP contribution is -2.36. The van der Waals surface area contributed by atoms with Gasteiger partial charge in [0.2, 0.25) is 0 Å². The fourth-order valence-corrected chi connectivity index (χ4v) is 3.73. The molecule has 2 atom stereocenters. The van der Waals surface area contributed by atoms with Gasteiger partial charge in [-0.1, -0.05) is 62.4 Å². The molecule has 0 spiro atoms. The van der Waals surface area contributed by atoms with Gasteiger partial charge in [-0.2, -0.15) is 0 Å². The van der Waals surface area contributed by atoms with Gasteiger partial charge in [-0.25, -0.2) is 0 Å². The molecular formula is C18H27NO2. The van der Waals surface area contributed by atoms with Gasteiger partial charge in [-0.05, 0) is 18.4 Å². The topological polar surface area (TPSA) is 32.7 Å². The van der Waals surface area contributed by atoms with E-state index < -0.39 is 0 Å². The quantitative estimate of drug-likeness (QED) is 0.924. The van der Waals surface area contributed by atoms with Gasteiger partial charge in [0.05, 0.1) is 12.7 Å². The Hall–Kier alpha value is -0.900. The van der Waals surface area contributed by atoms with Crippen LogP contribution in [0.1, 0.15) is 56.7 Å². The van der Waals surface area contributed by atoms with Crippen LogP contribution >= 0.6 is 0 Å². The molecule has 1 aromatic rings. The van der Waals surface area contributed by atoms with Gasteiger partial charge in [0.1, 0.15) is 6.23 Å². The summed E-state index contributed by atoms with van der Waals surface area (Å²) in [5.74, 6) is 0. The summed E-state index contributed by atoms with van der Waals surface area (Å²) in [5, 5.41) is 9.50. The van der Waals surface area contributed by atoms with Gasteiger partial charge in [-0.3, -0.25) is 4.90 Å². The molecule has 3 nitrogen and oxygen atoms in total. The van der Waals surface area contributed by atoms with Crippen molar-refractivity contribution in [2.75, 3.05) is 13.2 Å². The van der Waals surface area contributed by atoms with Crippen LogP contribution in [0.2, 0.25) is 0 Å². The number of benzene rings is 1. The third kappa shape index (κ3) is 3.65. The van der Waals surface area contributed by atoms with Crippen molar-refractivity contribution in [3.8, 4) is 0 Å². The molecule has 1 saturated carbocycles. The Morgan fingerprint density at radius 2 is 1.67 bits per heavy atom. The molecule has 2 aliphatic rings. The lowest BCUT2D eigenvalue weighted by atomic mass is 9.95. The van der Waals surface area contributed by atoms with E-state index in [0.29, 0.717) is 6.04 Å². The minimum absolute atomic E-state index is 0.0211. The van der Waals surface area contributed by atoms with Crippen molar-refractivity contribution in [3.05, 3.63) is 35.9 Å². The summed E-state index contributed by atoms with van der Waals surface area (Å²) in [6.07, 6.45) is 9.29. The van der Waals surface area contributed by atoms with Gasteiger partial charge in [0.15, 0.2) is 0 Å². The van der Waals surface area contributed by atoms with Gasteiger partial charge in [0, 0.05) is 12.6 Å². The third-order valence-corrected chi connectivity index (χ3v) is 4.87. The van der Waals surface area contributed by atoms with Crippen molar-refractivity contribution in [3.63, 3.8) is 0 Å². The Labute approximate surface area is 127 Å². The van der Waals surface area contributed by atoms with Crippen LogP contribution in [-0.2, 0) is 4.74 Å². The molecule has 3 heteroatoms. The normalized spacial score (nSPS) is 29.2. The minimum Gasteiger partial charge on any atom is -0.394 e. The van der Waals surface area contributed by atoms with Crippen molar-refractivity contribution in [1.82, 2.24) is 4.90 Å². The molecule has 21 heavy (non-hydrogen) atoms. The lowest BCUT2D eigenvalue weighted by Gasteiger charge is -2.33. The average Bonchev–Trinajstić information content (AvgIpc) is 2.92. The number of rotatable bonds is 3. The van der Waals surface area contributed by atoms with Crippen LogP contribution in [-0.4, -0.2) is 35.3 Å². The zero-order valence-electron chi connectivity index (χ0n) is 12.8. The zero-order valence-corrected chi connectivity index (χ0v) is 12.8. The maximum atomic E-state index is 9.50. The highest BCUT2D eigenvalue weighted by Gasteiger charge is 2.37. The predicted octanol–water partition coefficient (Wildman–Crippen LogP) is 3.49. The summed E-state index contributed by atoms with van der Waals surface area (Å²) in [4.78, 5) is 2.50. The van der Waals surface area contributed by atoms with Crippen LogP contribution in [0, 0.1) is 0 Å². The standard InChI is InChI=1S/C18H27NO2/c20-14-17-13-19(16-11-7-2-1-3-8-12-16)18(21-17)15-9-5-4-6-10-15/h4-6,9-10,16-18,20H,1-3,7-8,11-14H2/t17-,18-/m0/s1. The monoisotopic (exact) mass is 289 g/mol. The van der Waals surface area contributed by atoms with E-state index in [1.165, 1.54) is 50.5 Å². The van der Waals surface area contributed by atoms with Crippen LogP contribution in [0.25, 0.3) is 0 Å². The van der Waals surface area contributed by atoms with E-state index >= 15 is 0 Å².